The molecule has 0 radical (unpaired) electrons. The first kappa shape index (κ1) is 12.2. The number of hydrogen-bond donors (Lipinski definition) is 0. The number of benzene rings is 1. The highest BCUT2D eigenvalue weighted by molar-refractivity contribution is 8.01. The van der Waals surface area contributed by atoms with Gasteiger partial charge in [0.1, 0.15) is 11.6 Å². The molecule has 0 unspecified atom stereocenters. The van der Waals surface area contributed by atoms with Crippen molar-refractivity contribution < 1.29 is 9.18 Å². The molecule has 0 saturated heterocycles. The Hall–Kier alpha value is -1.27. The average molecular weight is 268 g/mol. The van der Waals surface area contributed by atoms with Crippen LogP contribution in [-0.4, -0.2) is 20.9 Å². The number of ketones is 1. The van der Waals surface area contributed by atoms with Crippen LogP contribution in [0.2, 0.25) is 0 Å². The molecule has 0 atom stereocenters. The quantitative estimate of drug-likeness (QED) is 0.631. The summed E-state index contributed by atoms with van der Waals surface area (Å²) in [6.45, 7) is 1.80. The molecule has 0 N–H and O–H groups in total. The fraction of sp³-hybridized carbons (Fsp3) is 0.182. The van der Waals surface area contributed by atoms with E-state index in [0.717, 1.165) is 4.34 Å². The summed E-state index contributed by atoms with van der Waals surface area (Å²) < 4.78 is 17.7. The van der Waals surface area contributed by atoms with Gasteiger partial charge in [0.2, 0.25) is 0 Å². The van der Waals surface area contributed by atoms with Crippen LogP contribution in [0.25, 0.3) is 0 Å². The van der Waals surface area contributed by atoms with E-state index in [2.05, 4.69) is 9.36 Å². The van der Waals surface area contributed by atoms with Crippen molar-refractivity contribution in [3.63, 3.8) is 0 Å². The zero-order valence-electron chi connectivity index (χ0n) is 9.01. The minimum absolute atomic E-state index is 0.109. The minimum atomic E-state index is -0.396. The smallest absolute Gasteiger partial charge is 0.173 e. The second-order valence-electron chi connectivity index (χ2n) is 3.33. The third-order valence-corrected chi connectivity index (χ3v) is 3.91. The molecule has 0 spiro atoms. The first-order valence-corrected chi connectivity index (χ1v) is 6.63. The van der Waals surface area contributed by atoms with E-state index in [1.807, 2.05) is 0 Å². The van der Waals surface area contributed by atoms with Crippen LogP contribution in [0.3, 0.4) is 0 Å². The molecule has 0 saturated carbocycles. The normalized spacial score (nSPS) is 10.5. The molecule has 1 aromatic carbocycles. The van der Waals surface area contributed by atoms with Gasteiger partial charge in [-0.15, -0.1) is 0 Å². The Morgan fingerprint density at radius 2 is 2.35 bits per heavy atom. The van der Waals surface area contributed by atoms with E-state index in [1.54, 1.807) is 13.0 Å². The lowest BCUT2D eigenvalue weighted by molar-refractivity contribution is 0.102. The number of thioether (sulfide) groups is 1. The summed E-state index contributed by atoms with van der Waals surface area (Å²) in [6.07, 6.45) is 0. The SMILES string of the molecule is Cc1nsc(SCC(=O)c2cccc(F)c2)n1. The average Bonchev–Trinajstić information content (AvgIpc) is 2.72. The predicted molar refractivity (Wildman–Crippen MR) is 66.1 cm³/mol. The second kappa shape index (κ2) is 5.37. The molecule has 2 aromatic rings. The van der Waals surface area contributed by atoms with Crippen LogP contribution in [0.15, 0.2) is 28.6 Å². The zero-order chi connectivity index (χ0) is 12.3. The fourth-order valence-corrected chi connectivity index (χ4v) is 2.75. The van der Waals surface area contributed by atoms with E-state index >= 15 is 0 Å². The highest BCUT2D eigenvalue weighted by Gasteiger charge is 2.09. The Balaban J connectivity index is 1.98. The monoisotopic (exact) mass is 268 g/mol. The molecule has 1 heterocycles. The Kier molecular flexibility index (Phi) is 3.86. The maximum atomic E-state index is 12.9. The van der Waals surface area contributed by atoms with Crippen LogP contribution in [0.1, 0.15) is 16.2 Å². The van der Waals surface area contributed by atoms with E-state index in [-0.39, 0.29) is 11.5 Å². The fourth-order valence-electron chi connectivity index (χ4n) is 1.21. The highest BCUT2D eigenvalue weighted by atomic mass is 32.2. The van der Waals surface area contributed by atoms with Gasteiger partial charge in [-0.3, -0.25) is 4.79 Å². The van der Waals surface area contributed by atoms with Gasteiger partial charge in [-0.25, -0.2) is 9.37 Å². The first-order valence-electron chi connectivity index (χ1n) is 4.87. The van der Waals surface area contributed by atoms with Gasteiger partial charge in [0.05, 0.1) is 5.75 Å². The number of carbonyl (C=O) groups is 1. The van der Waals surface area contributed by atoms with Crippen molar-refractivity contribution >= 4 is 29.1 Å². The van der Waals surface area contributed by atoms with Crippen molar-refractivity contribution in [1.82, 2.24) is 9.36 Å². The summed E-state index contributed by atoms with van der Waals surface area (Å²) in [5.74, 6) is 0.448. The molecular weight excluding hydrogens is 259 g/mol. The van der Waals surface area contributed by atoms with Crippen LogP contribution in [0, 0.1) is 12.7 Å². The Morgan fingerprint density at radius 3 is 3.00 bits per heavy atom. The van der Waals surface area contributed by atoms with Crippen LogP contribution in [-0.2, 0) is 0 Å². The van der Waals surface area contributed by atoms with Gasteiger partial charge in [0.25, 0.3) is 0 Å². The lowest BCUT2D eigenvalue weighted by Crippen LogP contribution is -2.02. The number of hydrogen-bond acceptors (Lipinski definition) is 5. The van der Waals surface area contributed by atoms with Gasteiger partial charge < -0.3 is 0 Å². The summed E-state index contributed by atoms with van der Waals surface area (Å²) >= 11 is 2.59. The Bertz CT molecular complexity index is 542. The standard InChI is InChI=1S/C11H9FN2OS2/c1-7-13-11(17-14-7)16-6-10(15)8-3-2-4-9(12)5-8/h2-5H,6H2,1H3. The van der Waals surface area contributed by atoms with Gasteiger partial charge >= 0.3 is 0 Å². The lowest BCUT2D eigenvalue weighted by atomic mass is 10.1. The molecule has 3 nitrogen and oxygen atoms in total. The summed E-state index contributed by atoms with van der Waals surface area (Å²) in [7, 11) is 0. The highest BCUT2D eigenvalue weighted by Crippen LogP contribution is 2.21. The summed E-state index contributed by atoms with van der Waals surface area (Å²) in [4.78, 5) is 15.9. The minimum Gasteiger partial charge on any atom is -0.293 e. The van der Waals surface area contributed by atoms with E-state index in [1.165, 1.54) is 41.5 Å². The molecule has 88 valence electrons. The molecule has 2 rings (SSSR count). The lowest BCUT2D eigenvalue weighted by Gasteiger charge is -1.98. The van der Waals surface area contributed by atoms with Crippen molar-refractivity contribution in [3.8, 4) is 0 Å². The van der Waals surface area contributed by atoms with Gasteiger partial charge in [-0.05, 0) is 30.6 Å². The third kappa shape index (κ3) is 3.34. The number of halogens is 1. The van der Waals surface area contributed by atoms with Crippen LogP contribution in [0.5, 0.6) is 0 Å². The summed E-state index contributed by atoms with van der Waals surface area (Å²) in [5.41, 5.74) is 0.388. The molecular formula is C11H9FN2OS2. The number of nitrogens with zero attached hydrogens (tertiary/aromatic N) is 2. The van der Waals surface area contributed by atoms with Crippen molar-refractivity contribution in [2.75, 3.05) is 5.75 Å². The van der Waals surface area contributed by atoms with Gasteiger partial charge in [-0.2, -0.15) is 4.37 Å². The molecule has 0 fully saturated rings. The van der Waals surface area contributed by atoms with Crippen LogP contribution >= 0.6 is 23.3 Å². The van der Waals surface area contributed by atoms with E-state index in [9.17, 15) is 9.18 Å². The Labute approximate surface area is 106 Å². The first-order chi connectivity index (χ1) is 8.15. The molecule has 1 aromatic heterocycles. The largest absolute Gasteiger partial charge is 0.293 e. The van der Waals surface area contributed by atoms with Gasteiger partial charge in [0, 0.05) is 5.56 Å². The maximum Gasteiger partial charge on any atom is 0.173 e. The van der Waals surface area contributed by atoms with Crippen LogP contribution in [0.4, 0.5) is 4.39 Å². The molecule has 0 amide bonds. The van der Waals surface area contributed by atoms with E-state index in [0.29, 0.717) is 11.4 Å². The molecule has 17 heavy (non-hydrogen) atoms. The summed E-state index contributed by atoms with van der Waals surface area (Å²) in [6, 6.07) is 5.70. The second-order valence-corrected chi connectivity index (χ2v) is 5.30. The number of aromatic nitrogens is 2. The number of rotatable bonds is 4. The van der Waals surface area contributed by atoms with E-state index < -0.39 is 5.82 Å². The van der Waals surface area contributed by atoms with Gasteiger partial charge in [-0.1, -0.05) is 23.9 Å². The molecule has 0 aliphatic rings. The maximum absolute atomic E-state index is 12.9. The van der Waals surface area contributed by atoms with Crippen molar-refractivity contribution in [3.05, 3.63) is 41.5 Å². The van der Waals surface area contributed by atoms with Crippen molar-refractivity contribution in [2.24, 2.45) is 0 Å². The van der Waals surface area contributed by atoms with Crippen molar-refractivity contribution in [2.45, 2.75) is 11.3 Å². The van der Waals surface area contributed by atoms with Gasteiger partial charge in [0.15, 0.2) is 10.1 Å². The third-order valence-electron chi connectivity index (χ3n) is 1.98. The Morgan fingerprint density at radius 1 is 1.53 bits per heavy atom. The molecule has 0 aliphatic heterocycles. The predicted octanol–water partition coefficient (Wildman–Crippen LogP) is 2.96. The number of aryl methyl sites for hydroxylation is 1. The summed E-state index contributed by atoms with van der Waals surface area (Å²) in [5, 5.41) is 0. The molecule has 0 aliphatic carbocycles. The molecule has 0 bridgehead atoms. The topological polar surface area (TPSA) is 42.9 Å². The van der Waals surface area contributed by atoms with Crippen LogP contribution < -0.4 is 0 Å². The van der Waals surface area contributed by atoms with E-state index in [4.69, 9.17) is 0 Å². The number of carbonyl (C=O) groups excluding carboxylic acids is 1. The zero-order valence-corrected chi connectivity index (χ0v) is 10.6. The van der Waals surface area contributed by atoms with Crippen molar-refractivity contribution in [1.29, 1.82) is 0 Å². The number of Topliss-reactive ketones (excluding diaryl/α,β-unsaturated/α-hetero) is 1. The molecule has 6 heteroatoms.